The van der Waals surface area contributed by atoms with Crippen molar-refractivity contribution >= 4 is 5.69 Å². The van der Waals surface area contributed by atoms with E-state index in [1.165, 1.54) is 10.9 Å². The SMILES string of the molecule is Cc1ccn(-c2ccc(C(F)(F)F)cc2[N+](=O)[O-])n1. The van der Waals surface area contributed by atoms with Crippen LogP contribution < -0.4 is 0 Å². The van der Waals surface area contributed by atoms with Gasteiger partial charge in [-0.1, -0.05) is 0 Å². The number of alkyl halides is 3. The summed E-state index contributed by atoms with van der Waals surface area (Å²) in [6, 6.07) is 3.93. The molecule has 8 heteroatoms. The first kappa shape index (κ1) is 13.1. The zero-order valence-corrected chi connectivity index (χ0v) is 9.68. The van der Waals surface area contributed by atoms with E-state index in [-0.39, 0.29) is 5.69 Å². The van der Waals surface area contributed by atoms with E-state index >= 15 is 0 Å². The van der Waals surface area contributed by atoms with Crippen LogP contribution in [0.3, 0.4) is 0 Å². The number of nitro groups is 1. The first-order chi connectivity index (χ1) is 8.79. The average molecular weight is 271 g/mol. The molecule has 1 aromatic carbocycles. The Morgan fingerprint density at radius 3 is 2.47 bits per heavy atom. The smallest absolute Gasteiger partial charge is 0.258 e. The minimum Gasteiger partial charge on any atom is -0.258 e. The Balaban J connectivity index is 2.60. The van der Waals surface area contributed by atoms with Gasteiger partial charge in [0.1, 0.15) is 5.69 Å². The van der Waals surface area contributed by atoms with Gasteiger partial charge in [0.2, 0.25) is 0 Å². The maximum Gasteiger partial charge on any atom is 0.416 e. The van der Waals surface area contributed by atoms with Gasteiger partial charge in [-0.3, -0.25) is 10.1 Å². The molecule has 0 fully saturated rings. The Morgan fingerprint density at radius 2 is 2.00 bits per heavy atom. The van der Waals surface area contributed by atoms with Crippen LogP contribution in [0.15, 0.2) is 30.5 Å². The molecule has 0 aliphatic rings. The molecular formula is C11H8F3N3O2. The molecule has 0 bridgehead atoms. The predicted molar refractivity (Wildman–Crippen MR) is 60.0 cm³/mol. The molecule has 2 aromatic rings. The van der Waals surface area contributed by atoms with Crippen molar-refractivity contribution in [3.05, 3.63) is 51.8 Å². The van der Waals surface area contributed by atoms with E-state index in [0.717, 1.165) is 12.1 Å². The number of nitrogens with zero attached hydrogens (tertiary/aromatic N) is 3. The number of nitro benzene ring substituents is 1. The summed E-state index contributed by atoms with van der Waals surface area (Å²) in [5.41, 5.74) is -1.11. The molecule has 0 aliphatic heterocycles. The van der Waals surface area contributed by atoms with Crippen LogP contribution >= 0.6 is 0 Å². The van der Waals surface area contributed by atoms with Crippen LogP contribution in [0, 0.1) is 17.0 Å². The first-order valence-corrected chi connectivity index (χ1v) is 5.17. The normalized spacial score (nSPS) is 11.6. The van der Waals surface area contributed by atoms with Crippen molar-refractivity contribution in [1.82, 2.24) is 9.78 Å². The fourth-order valence-electron chi connectivity index (χ4n) is 1.59. The molecule has 0 atom stereocenters. The Morgan fingerprint density at radius 1 is 1.32 bits per heavy atom. The van der Waals surface area contributed by atoms with E-state index in [9.17, 15) is 23.3 Å². The van der Waals surface area contributed by atoms with Gasteiger partial charge in [-0.25, -0.2) is 4.68 Å². The largest absolute Gasteiger partial charge is 0.416 e. The number of hydrogen-bond acceptors (Lipinski definition) is 3. The summed E-state index contributed by atoms with van der Waals surface area (Å²) in [6.45, 7) is 1.67. The standard InChI is InChI=1S/C11H8F3N3O2/c1-7-4-5-16(15-7)9-3-2-8(11(12,13)14)6-10(9)17(18)19/h2-6H,1H3. The number of benzene rings is 1. The quantitative estimate of drug-likeness (QED) is 0.622. The average Bonchev–Trinajstić information content (AvgIpc) is 2.73. The van der Waals surface area contributed by atoms with Crippen molar-refractivity contribution in [3.63, 3.8) is 0 Å². The summed E-state index contributed by atoms with van der Waals surface area (Å²) in [5, 5.41) is 14.8. The highest BCUT2D eigenvalue weighted by Gasteiger charge is 2.33. The topological polar surface area (TPSA) is 61.0 Å². The molecule has 0 unspecified atom stereocenters. The van der Waals surface area contributed by atoms with Gasteiger partial charge in [-0.2, -0.15) is 18.3 Å². The van der Waals surface area contributed by atoms with Crippen LogP contribution in [0.25, 0.3) is 5.69 Å². The van der Waals surface area contributed by atoms with Gasteiger partial charge >= 0.3 is 6.18 Å². The van der Waals surface area contributed by atoms with Gasteiger partial charge in [0.05, 0.1) is 16.2 Å². The van der Waals surface area contributed by atoms with Gasteiger partial charge in [-0.05, 0) is 25.1 Å². The van der Waals surface area contributed by atoms with Gasteiger partial charge in [0.15, 0.2) is 0 Å². The molecule has 0 saturated heterocycles. The van der Waals surface area contributed by atoms with E-state index < -0.39 is 22.4 Å². The molecule has 100 valence electrons. The second kappa shape index (κ2) is 4.38. The van der Waals surface area contributed by atoms with Crippen LogP contribution in [0.4, 0.5) is 18.9 Å². The molecule has 5 nitrogen and oxygen atoms in total. The van der Waals surface area contributed by atoms with Crippen molar-refractivity contribution in [2.24, 2.45) is 0 Å². The molecule has 0 radical (unpaired) electrons. The van der Waals surface area contributed by atoms with Gasteiger partial charge in [-0.15, -0.1) is 0 Å². The molecule has 1 heterocycles. The second-order valence-corrected chi connectivity index (χ2v) is 3.86. The first-order valence-electron chi connectivity index (χ1n) is 5.17. The van der Waals surface area contributed by atoms with Crippen molar-refractivity contribution in [2.45, 2.75) is 13.1 Å². The molecule has 0 N–H and O–H groups in total. The maximum atomic E-state index is 12.5. The molecule has 1 aromatic heterocycles. The highest BCUT2D eigenvalue weighted by Crippen LogP contribution is 2.34. The van der Waals surface area contributed by atoms with Gasteiger partial charge in [0.25, 0.3) is 5.69 Å². The summed E-state index contributed by atoms with van der Waals surface area (Å²) in [4.78, 5) is 10.0. The Labute approximate surface area is 105 Å². The van der Waals surface area contributed by atoms with E-state index in [1.54, 1.807) is 13.0 Å². The summed E-state index contributed by atoms with van der Waals surface area (Å²) in [7, 11) is 0. The van der Waals surface area contributed by atoms with Crippen LogP contribution in [0.2, 0.25) is 0 Å². The van der Waals surface area contributed by atoms with Crippen LogP contribution in [0.1, 0.15) is 11.3 Å². The second-order valence-electron chi connectivity index (χ2n) is 3.86. The number of rotatable bonds is 2. The third kappa shape index (κ3) is 2.56. The van der Waals surface area contributed by atoms with E-state index in [0.29, 0.717) is 11.8 Å². The minimum atomic E-state index is -4.62. The third-order valence-electron chi connectivity index (χ3n) is 2.47. The lowest BCUT2D eigenvalue weighted by Gasteiger charge is -2.08. The lowest BCUT2D eigenvalue weighted by atomic mass is 10.1. The van der Waals surface area contributed by atoms with E-state index in [1.807, 2.05) is 0 Å². The summed E-state index contributed by atoms with van der Waals surface area (Å²) >= 11 is 0. The molecule has 0 amide bonds. The summed E-state index contributed by atoms with van der Waals surface area (Å²) in [5.74, 6) is 0. The van der Waals surface area contributed by atoms with Gasteiger partial charge < -0.3 is 0 Å². The lowest BCUT2D eigenvalue weighted by Crippen LogP contribution is -2.08. The summed E-state index contributed by atoms with van der Waals surface area (Å²) in [6.07, 6.45) is -3.17. The Kier molecular flexibility index (Phi) is 3.01. The minimum absolute atomic E-state index is 0.00824. The molecule has 2 rings (SSSR count). The van der Waals surface area contributed by atoms with Crippen LogP contribution in [-0.4, -0.2) is 14.7 Å². The monoisotopic (exact) mass is 271 g/mol. The maximum absolute atomic E-state index is 12.5. The molecule has 0 aliphatic carbocycles. The van der Waals surface area contributed by atoms with E-state index in [2.05, 4.69) is 5.10 Å². The fraction of sp³-hybridized carbons (Fsp3) is 0.182. The lowest BCUT2D eigenvalue weighted by molar-refractivity contribution is -0.384. The van der Waals surface area contributed by atoms with E-state index in [4.69, 9.17) is 0 Å². The zero-order chi connectivity index (χ0) is 14.2. The molecular weight excluding hydrogens is 263 g/mol. The fourth-order valence-corrected chi connectivity index (χ4v) is 1.59. The highest BCUT2D eigenvalue weighted by atomic mass is 19.4. The van der Waals surface area contributed by atoms with Crippen molar-refractivity contribution < 1.29 is 18.1 Å². The zero-order valence-electron chi connectivity index (χ0n) is 9.68. The van der Waals surface area contributed by atoms with Crippen molar-refractivity contribution in [1.29, 1.82) is 0 Å². The van der Waals surface area contributed by atoms with Crippen LogP contribution in [0.5, 0.6) is 0 Å². The highest BCUT2D eigenvalue weighted by molar-refractivity contribution is 5.54. The Bertz CT molecular complexity index is 634. The van der Waals surface area contributed by atoms with Crippen molar-refractivity contribution in [3.8, 4) is 5.69 Å². The summed E-state index contributed by atoms with van der Waals surface area (Å²) < 4.78 is 38.7. The number of hydrogen-bond donors (Lipinski definition) is 0. The number of aromatic nitrogens is 2. The molecule has 0 saturated carbocycles. The van der Waals surface area contributed by atoms with Crippen molar-refractivity contribution in [2.75, 3.05) is 0 Å². The third-order valence-corrected chi connectivity index (χ3v) is 2.47. The number of halogens is 3. The number of aryl methyl sites for hydroxylation is 1. The molecule has 19 heavy (non-hydrogen) atoms. The van der Waals surface area contributed by atoms with Crippen LogP contribution in [-0.2, 0) is 6.18 Å². The predicted octanol–water partition coefficient (Wildman–Crippen LogP) is 3.11. The Hall–Kier alpha value is -2.38. The molecule has 0 spiro atoms. The van der Waals surface area contributed by atoms with Gasteiger partial charge in [0, 0.05) is 12.3 Å².